The summed E-state index contributed by atoms with van der Waals surface area (Å²) < 4.78 is 5.24. The molecule has 0 radical (unpaired) electrons. The number of rotatable bonds is 12. The van der Waals surface area contributed by atoms with Crippen molar-refractivity contribution in [1.29, 1.82) is 0 Å². The van der Waals surface area contributed by atoms with Crippen molar-refractivity contribution in [3.05, 3.63) is 113 Å². The first-order valence-corrected chi connectivity index (χ1v) is 14.9. The Kier molecular flexibility index (Phi) is 11.6. The van der Waals surface area contributed by atoms with Crippen molar-refractivity contribution >= 4 is 28.5 Å². The van der Waals surface area contributed by atoms with Gasteiger partial charge in [-0.3, -0.25) is 4.79 Å². The predicted octanol–water partition coefficient (Wildman–Crippen LogP) is 8.06. The van der Waals surface area contributed by atoms with Crippen LogP contribution in [-0.2, 0) is 29.0 Å². The lowest BCUT2D eigenvalue weighted by Crippen LogP contribution is -2.24. The summed E-state index contributed by atoms with van der Waals surface area (Å²) in [5, 5.41) is 7.99. The van der Waals surface area contributed by atoms with E-state index in [1.807, 2.05) is 67.6 Å². The number of alkyl carbamates (subject to hydrolysis) is 1. The zero-order valence-electron chi connectivity index (χ0n) is 24.6. The Morgan fingerprint density at radius 1 is 0.833 bits per heavy atom. The highest BCUT2D eigenvalue weighted by Gasteiger charge is 2.16. The fraction of sp³-hybridized carbons (Fsp3) is 0.297. The third kappa shape index (κ3) is 9.24. The molecule has 0 fully saturated rings. The van der Waals surface area contributed by atoms with Gasteiger partial charge in [0, 0.05) is 30.1 Å². The number of hydrogen-bond donors (Lipinski definition) is 2. The third-order valence-electron chi connectivity index (χ3n) is 7.23. The van der Waals surface area contributed by atoms with Crippen LogP contribution in [-0.4, -0.2) is 18.5 Å². The molecule has 5 nitrogen and oxygen atoms in total. The summed E-state index contributed by atoms with van der Waals surface area (Å²) >= 11 is 0. The number of benzene rings is 4. The lowest BCUT2D eigenvalue weighted by atomic mass is 9.93. The number of anilines is 1. The molecular weight excluding hydrogens is 520 g/mol. The fourth-order valence-electron chi connectivity index (χ4n) is 4.83. The van der Waals surface area contributed by atoms with E-state index in [-0.39, 0.29) is 18.4 Å². The van der Waals surface area contributed by atoms with Gasteiger partial charge in [-0.05, 0) is 64.9 Å². The second-order valence-electron chi connectivity index (χ2n) is 10.6. The molecule has 0 heterocycles. The Bertz CT molecular complexity index is 1520. The van der Waals surface area contributed by atoms with Crippen LogP contribution >= 0.6 is 0 Å². The zero-order valence-corrected chi connectivity index (χ0v) is 24.6. The van der Waals surface area contributed by atoms with Crippen molar-refractivity contribution in [3.8, 4) is 11.8 Å². The maximum atomic E-state index is 13.0. The van der Waals surface area contributed by atoms with Crippen LogP contribution < -0.4 is 10.6 Å². The number of carbonyl (C=O) groups excluding carboxylic acids is 2. The van der Waals surface area contributed by atoms with Gasteiger partial charge in [0.05, 0.1) is 0 Å². The second-order valence-corrected chi connectivity index (χ2v) is 10.6. The molecule has 0 aromatic heterocycles. The number of fused-ring (bicyclic) bond motifs is 1. The first-order valence-electron chi connectivity index (χ1n) is 14.9. The van der Waals surface area contributed by atoms with E-state index in [0.717, 1.165) is 39.6 Å². The summed E-state index contributed by atoms with van der Waals surface area (Å²) in [5.41, 5.74) is 5.13. The minimum Gasteiger partial charge on any atom is -0.445 e. The molecule has 2 N–H and O–H groups in total. The maximum absolute atomic E-state index is 13.0. The molecule has 42 heavy (non-hydrogen) atoms. The highest BCUT2D eigenvalue weighted by atomic mass is 16.5. The molecule has 0 spiro atoms. The molecule has 4 rings (SSSR count). The average Bonchev–Trinajstić information content (AvgIpc) is 3.02. The van der Waals surface area contributed by atoms with Gasteiger partial charge in [-0.25, -0.2) is 4.79 Å². The molecule has 0 saturated carbocycles. The highest BCUT2D eigenvalue weighted by molar-refractivity contribution is 5.94. The number of hydrogen-bond acceptors (Lipinski definition) is 3. The Morgan fingerprint density at radius 2 is 1.57 bits per heavy atom. The summed E-state index contributed by atoms with van der Waals surface area (Å²) in [6.45, 7) is 4.82. The van der Waals surface area contributed by atoms with E-state index < -0.39 is 6.09 Å². The largest absolute Gasteiger partial charge is 0.445 e. The van der Waals surface area contributed by atoms with Gasteiger partial charge in [0.1, 0.15) is 6.61 Å². The topological polar surface area (TPSA) is 67.4 Å². The Labute approximate surface area is 249 Å². The van der Waals surface area contributed by atoms with Gasteiger partial charge in [0.2, 0.25) is 5.91 Å². The second kappa shape index (κ2) is 16.0. The maximum Gasteiger partial charge on any atom is 0.407 e. The number of aryl methyl sites for hydroxylation is 1. The van der Waals surface area contributed by atoms with Gasteiger partial charge in [-0.1, -0.05) is 111 Å². The molecule has 4 aromatic rings. The zero-order chi connectivity index (χ0) is 29.6. The van der Waals surface area contributed by atoms with Gasteiger partial charge < -0.3 is 15.4 Å². The van der Waals surface area contributed by atoms with Crippen molar-refractivity contribution in [3.63, 3.8) is 0 Å². The van der Waals surface area contributed by atoms with E-state index in [1.54, 1.807) is 0 Å². The van der Waals surface area contributed by atoms with Crippen LogP contribution in [0.5, 0.6) is 0 Å². The number of ether oxygens (including phenoxy) is 1. The molecule has 0 unspecified atom stereocenters. The first kappa shape index (κ1) is 30.4. The smallest absolute Gasteiger partial charge is 0.407 e. The molecule has 0 aliphatic carbocycles. The SMILES string of the molecule is CCCCCc1ccc(NC(=O)[C@@H](C)Cc2ccc(C#CCCNC(=O)OCc3ccccc3)c3ccccc23)cc1. The number of unbranched alkanes of at least 4 members (excludes halogenated alkanes) is 2. The normalized spacial score (nSPS) is 11.3. The summed E-state index contributed by atoms with van der Waals surface area (Å²) in [4.78, 5) is 25.0. The summed E-state index contributed by atoms with van der Waals surface area (Å²) in [6, 6.07) is 30.1. The lowest BCUT2D eigenvalue weighted by molar-refractivity contribution is -0.119. The van der Waals surface area contributed by atoms with E-state index in [9.17, 15) is 9.59 Å². The van der Waals surface area contributed by atoms with E-state index in [2.05, 4.69) is 59.7 Å². The predicted molar refractivity (Wildman–Crippen MR) is 171 cm³/mol. The quantitative estimate of drug-likeness (QED) is 0.136. The van der Waals surface area contributed by atoms with Crippen LogP contribution in [0.1, 0.15) is 61.8 Å². The van der Waals surface area contributed by atoms with E-state index in [0.29, 0.717) is 19.4 Å². The third-order valence-corrected chi connectivity index (χ3v) is 7.23. The van der Waals surface area contributed by atoms with Gasteiger partial charge in [-0.15, -0.1) is 0 Å². The molecule has 0 aliphatic rings. The van der Waals surface area contributed by atoms with Crippen molar-refractivity contribution in [2.24, 2.45) is 5.92 Å². The van der Waals surface area contributed by atoms with Crippen molar-refractivity contribution in [2.45, 2.75) is 59.0 Å². The minimum atomic E-state index is -0.451. The molecular formula is C37H40N2O3. The Morgan fingerprint density at radius 3 is 2.33 bits per heavy atom. The Hall–Kier alpha value is -4.56. The van der Waals surface area contributed by atoms with Gasteiger partial charge in [-0.2, -0.15) is 0 Å². The van der Waals surface area contributed by atoms with Crippen LogP contribution in [0.2, 0.25) is 0 Å². The van der Waals surface area contributed by atoms with Gasteiger partial charge in [0.15, 0.2) is 0 Å². The Balaban J connectivity index is 1.30. The van der Waals surface area contributed by atoms with E-state index >= 15 is 0 Å². The summed E-state index contributed by atoms with van der Waals surface area (Å²) in [5.74, 6) is 6.23. The molecule has 4 aromatic carbocycles. The van der Waals surface area contributed by atoms with Crippen LogP contribution in [0.25, 0.3) is 10.8 Å². The summed E-state index contributed by atoms with van der Waals surface area (Å²) in [7, 11) is 0. The first-order chi connectivity index (χ1) is 20.5. The number of amides is 2. The number of carbonyl (C=O) groups is 2. The van der Waals surface area contributed by atoms with Crippen molar-refractivity contribution in [1.82, 2.24) is 5.32 Å². The summed E-state index contributed by atoms with van der Waals surface area (Å²) in [6.07, 6.45) is 5.41. The van der Waals surface area contributed by atoms with Crippen LogP contribution in [0, 0.1) is 17.8 Å². The van der Waals surface area contributed by atoms with Crippen LogP contribution in [0.4, 0.5) is 10.5 Å². The van der Waals surface area contributed by atoms with E-state index in [4.69, 9.17) is 4.74 Å². The molecule has 0 saturated heterocycles. The molecule has 216 valence electrons. The lowest BCUT2D eigenvalue weighted by Gasteiger charge is -2.15. The number of nitrogens with one attached hydrogen (secondary N) is 2. The minimum absolute atomic E-state index is 0.0106. The van der Waals surface area contributed by atoms with Crippen LogP contribution in [0.15, 0.2) is 91.0 Å². The molecule has 0 bridgehead atoms. The van der Waals surface area contributed by atoms with E-state index in [1.165, 1.54) is 24.8 Å². The van der Waals surface area contributed by atoms with Crippen LogP contribution in [0.3, 0.4) is 0 Å². The molecule has 2 amide bonds. The molecule has 0 aliphatic heterocycles. The molecule has 5 heteroatoms. The van der Waals surface area contributed by atoms with Gasteiger partial charge >= 0.3 is 6.09 Å². The van der Waals surface area contributed by atoms with Crippen molar-refractivity contribution < 1.29 is 14.3 Å². The molecule has 1 atom stereocenters. The van der Waals surface area contributed by atoms with Gasteiger partial charge in [0.25, 0.3) is 0 Å². The highest BCUT2D eigenvalue weighted by Crippen LogP contribution is 2.25. The monoisotopic (exact) mass is 560 g/mol. The fourth-order valence-corrected chi connectivity index (χ4v) is 4.83. The average molecular weight is 561 g/mol. The van der Waals surface area contributed by atoms with Crippen molar-refractivity contribution in [2.75, 3.05) is 11.9 Å². The standard InChI is InChI=1S/C37H40N2O3/c1-3-4-6-13-29-19-23-33(24-20-29)39-36(40)28(2)26-32-22-21-31(34-17-9-10-18-35(32)34)16-11-12-25-38-37(41)42-27-30-14-7-5-8-15-30/h5,7-10,14-15,17-24,28H,3-4,6,12-13,25-27H2,1-2H3,(H,38,41)(H,39,40)/t28-/m0/s1.